The Morgan fingerprint density at radius 1 is 1.26 bits per heavy atom. The van der Waals surface area contributed by atoms with Crippen molar-refractivity contribution in [2.24, 2.45) is 0 Å². The highest BCUT2D eigenvalue weighted by atomic mass is 32.2. The number of carbonyl (C=O) groups excluding carboxylic acids is 1. The Hall–Kier alpha value is -1.64. The number of morpholine rings is 1. The molecule has 0 bridgehead atoms. The topological polar surface area (TPSA) is 84.9 Å². The molecule has 0 aromatic heterocycles. The Labute approximate surface area is 162 Å². The van der Waals surface area contributed by atoms with E-state index in [0.717, 1.165) is 19.3 Å². The van der Waals surface area contributed by atoms with Gasteiger partial charge in [-0.15, -0.1) is 0 Å². The number of carbonyl (C=O) groups is 1. The lowest BCUT2D eigenvalue weighted by Gasteiger charge is -2.26. The first-order valence-electron chi connectivity index (χ1n) is 9.53. The minimum Gasteiger partial charge on any atom is -0.489 e. The van der Waals surface area contributed by atoms with Crippen molar-refractivity contribution >= 4 is 21.6 Å². The van der Waals surface area contributed by atoms with Crippen LogP contribution in [0.3, 0.4) is 0 Å². The molecule has 7 nitrogen and oxygen atoms in total. The van der Waals surface area contributed by atoms with Crippen molar-refractivity contribution in [3.63, 3.8) is 0 Å². The maximum atomic E-state index is 12.9. The van der Waals surface area contributed by atoms with Gasteiger partial charge in [0.1, 0.15) is 5.75 Å². The number of rotatable bonds is 9. The van der Waals surface area contributed by atoms with E-state index in [4.69, 9.17) is 9.47 Å². The van der Waals surface area contributed by atoms with Crippen molar-refractivity contribution < 1.29 is 22.7 Å². The molecule has 0 unspecified atom stereocenters. The van der Waals surface area contributed by atoms with E-state index in [0.29, 0.717) is 44.2 Å². The Morgan fingerprint density at radius 3 is 2.59 bits per heavy atom. The van der Waals surface area contributed by atoms with Crippen LogP contribution < -0.4 is 10.1 Å². The SMILES string of the molecule is CCCCCC(=O)Nc1cc(S(=O)(=O)N2CCOCC2)ccc1OC(C)C. The summed E-state index contributed by atoms with van der Waals surface area (Å²) < 4.78 is 38.2. The molecule has 0 spiro atoms. The van der Waals surface area contributed by atoms with Crippen LogP contribution in [0.2, 0.25) is 0 Å². The standard InChI is InChI=1S/C19H30N2O5S/c1-4-5-6-7-19(22)20-17-14-16(8-9-18(17)26-15(2)3)27(23,24)21-10-12-25-13-11-21/h8-9,14-15H,4-7,10-13H2,1-3H3,(H,20,22). The second-order valence-electron chi connectivity index (χ2n) is 6.85. The van der Waals surface area contributed by atoms with E-state index in [2.05, 4.69) is 12.2 Å². The molecule has 0 aliphatic carbocycles. The fraction of sp³-hybridized carbons (Fsp3) is 0.632. The van der Waals surface area contributed by atoms with Crippen LogP contribution in [0.25, 0.3) is 0 Å². The van der Waals surface area contributed by atoms with Crippen molar-refractivity contribution in [3.05, 3.63) is 18.2 Å². The van der Waals surface area contributed by atoms with Gasteiger partial charge < -0.3 is 14.8 Å². The molecule has 1 aliphatic heterocycles. The summed E-state index contributed by atoms with van der Waals surface area (Å²) >= 11 is 0. The summed E-state index contributed by atoms with van der Waals surface area (Å²) in [5.41, 5.74) is 0.388. The molecule has 0 atom stereocenters. The molecular formula is C19H30N2O5S. The van der Waals surface area contributed by atoms with E-state index in [1.165, 1.54) is 16.4 Å². The van der Waals surface area contributed by atoms with Crippen molar-refractivity contribution in [2.45, 2.75) is 57.5 Å². The van der Waals surface area contributed by atoms with Crippen LogP contribution >= 0.6 is 0 Å². The zero-order valence-electron chi connectivity index (χ0n) is 16.4. The largest absolute Gasteiger partial charge is 0.489 e. The van der Waals surface area contributed by atoms with Crippen LogP contribution in [0.1, 0.15) is 46.5 Å². The number of ether oxygens (including phenoxy) is 2. The van der Waals surface area contributed by atoms with Gasteiger partial charge in [-0.2, -0.15) is 4.31 Å². The van der Waals surface area contributed by atoms with Crippen LogP contribution in [0.4, 0.5) is 5.69 Å². The van der Waals surface area contributed by atoms with E-state index in [1.807, 2.05) is 13.8 Å². The molecule has 152 valence electrons. The predicted molar refractivity (Wildman–Crippen MR) is 105 cm³/mol. The van der Waals surface area contributed by atoms with E-state index >= 15 is 0 Å². The van der Waals surface area contributed by atoms with Gasteiger partial charge >= 0.3 is 0 Å². The smallest absolute Gasteiger partial charge is 0.243 e. The fourth-order valence-corrected chi connectivity index (χ4v) is 4.24. The number of benzene rings is 1. The molecule has 2 rings (SSSR count). The molecule has 1 saturated heterocycles. The molecule has 1 amide bonds. The molecule has 0 saturated carbocycles. The highest BCUT2D eigenvalue weighted by Crippen LogP contribution is 2.30. The van der Waals surface area contributed by atoms with Gasteiger partial charge in [0.05, 0.1) is 29.9 Å². The van der Waals surface area contributed by atoms with Gasteiger partial charge in [-0.3, -0.25) is 4.79 Å². The number of unbranched alkanes of at least 4 members (excludes halogenated alkanes) is 2. The number of anilines is 1. The predicted octanol–water partition coefficient (Wildman–Crippen LogP) is 3.01. The third-order valence-corrected chi connectivity index (χ3v) is 6.10. The van der Waals surface area contributed by atoms with Crippen molar-refractivity contribution in [1.82, 2.24) is 4.31 Å². The molecule has 1 fully saturated rings. The first kappa shape index (κ1) is 21.7. The summed E-state index contributed by atoms with van der Waals surface area (Å²) in [6, 6.07) is 4.62. The van der Waals surface area contributed by atoms with Crippen LogP contribution in [-0.2, 0) is 19.6 Å². The second kappa shape index (κ2) is 10.1. The quantitative estimate of drug-likeness (QED) is 0.647. The molecule has 1 aromatic carbocycles. The van der Waals surface area contributed by atoms with E-state index < -0.39 is 10.0 Å². The lowest BCUT2D eigenvalue weighted by molar-refractivity contribution is -0.116. The maximum Gasteiger partial charge on any atom is 0.243 e. The Kier molecular flexibility index (Phi) is 8.07. The van der Waals surface area contributed by atoms with Gasteiger partial charge in [0.2, 0.25) is 15.9 Å². The summed E-state index contributed by atoms with van der Waals surface area (Å²) in [6.07, 6.45) is 3.11. The average molecular weight is 399 g/mol. The molecule has 1 aromatic rings. The van der Waals surface area contributed by atoms with E-state index in [1.54, 1.807) is 6.07 Å². The van der Waals surface area contributed by atoms with Crippen LogP contribution in [0, 0.1) is 0 Å². The third-order valence-electron chi connectivity index (χ3n) is 4.20. The van der Waals surface area contributed by atoms with Crippen molar-refractivity contribution in [2.75, 3.05) is 31.6 Å². The monoisotopic (exact) mass is 398 g/mol. The van der Waals surface area contributed by atoms with Gasteiger partial charge in [0, 0.05) is 19.5 Å². The average Bonchev–Trinajstić information content (AvgIpc) is 2.63. The Balaban J connectivity index is 2.25. The molecule has 1 heterocycles. The molecule has 0 radical (unpaired) electrons. The lowest BCUT2D eigenvalue weighted by atomic mass is 10.2. The minimum absolute atomic E-state index is 0.0950. The minimum atomic E-state index is -3.64. The van der Waals surface area contributed by atoms with Crippen LogP contribution in [-0.4, -0.2) is 51.0 Å². The summed E-state index contributed by atoms with van der Waals surface area (Å²) in [5.74, 6) is 0.327. The lowest BCUT2D eigenvalue weighted by Crippen LogP contribution is -2.40. The summed E-state index contributed by atoms with van der Waals surface area (Å²) in [6.45, 7) is 7.25. The van der Waals surface area contributed by atoms with Crippen LogP contribution in [0.5, 0.6) is 5.75 Å². The van der Waals surface area contributed by atoms with E-state index in [9.17, 15) is 13.2 Å². The number of hydrogen-bond donors (Lipinski definition) is 1. The molecule has 1 N–H and O–H groups in total. The fourth-order valence-electron chi connectivity index (χ4n) is 2.81. The normalized spacial score (nSPS) is 15.7. The summed E-state index contributed by atoms with van der Waals surface area (Å²) in [7, 11) is -3.64. The molecular weight excluding hydrogens is 368 g/mol. The highest BCUT2D eigenvalue weighted by Gasteiger charge is 2.27. The van der Waals surface area contributed by atoms with Crippen molar-refractivity contribution in [3.8, 4) is 5.75 Å². The second-order valence-corrected chi connectivity index (χ2v) is 8.78. The number of nitrogens with one attached hydrogen (secondary N) is 1. The molecule has 27 heavy (non-hydrogen) atoms. The van der Waals surface area contributed by atoms with Crippen LogP contribution in [0.15, 0.2) is 23.1 Å². The number of nitrogens with zero attached hydrogens (tertiary/aromatic N) is 1. The maximum absolute atomic E-state index is 12.9. The summed E-state index contributed by atoms with van der Waals surface area (Å²) in [5, 5.41) is 2.82. The Morgan fingerprint density at radius 2 is 1.96 bits per heavy atom. The molecule has 8 heteroatoms. The highest BCUT2D eigenvalue weighted by molar-refractivity contribution is 7.89. The first-order valence-corrected chi connectivity index (χ1v) is 11.0. The third kappa shape index (κ3) is 6.19. The Bertz CT molecular complexity index is 728. The zero-order valence-corrected chi connectivity index (χ0v) is 17.2. The molecule has 1 aliphatic rings. The van der Waals surface area contributed by atoms with Gasteiger partial charge in [-0.05, 0) is 38.5 Å². The van der Waals surface area contributed by atoms with Gasteiger partial charge in [0.25, 0.3) is 0 Å². The van der Waals surface area contributed by atoms with Gasteiger partial charge in [-0.25, -0.2) is 8.42 Å². The number of sulfonamides is 1. The van der Waals surface area contributed by atoms with E-state index in [-0.39, 0.29) is 16.9 Å². The number of amides is 1. The van der Waals surface area contributed by atoms with Crippen molar-refractivity contribution in [1.29, 1.82) is 0 Å². The zero-order chi connectivity index (χ0) is 19.9. The van der Waals surface area contributed by atoms with Gasteiger partial charge in [-0.1, -0.05) is 19.8 Å². The first-order chi connectivity index (χ1) is 12.8. The number of hydrogen-bond acceptors (Lipinski definition) is 5. The summed E-state index contributed by atoms with van der Waals surface area (Å²) in [4.78, 5) is 12.4. The van der Waals surface area contributed by atoms with Gasteiger partial charge in [0.15, 0.2) is 0 Å².